The van der Waals surface area contributed by atoms with E-state index in [0.717, 1.165) is 53.3 Å². The Bertz CT molecular complexity index is 1100. The minimum absolute atomic E-state index is 0.0402. The van der Waals surface area contributed by atoms with Gasteiger partial charge < -0.3 is 15.1 Å². The quantitative estimate of drug-likeness (QED) is 0.202. The minimum Gasteiger partial charge on any atom is -0.341 e. The van der Waals surface area contributed by atoms with Crippen molar-refractivity contribution in [2.75, 3.05) is 44.3 Å². The molecule has 10 nitrogen and oxygen atoms in total. The van der Waals surface area contributed by atoms with E-state index in [1.54, 1.807) is 39.0 Å². The predicted molar refractivity (Wildman–Crippen MR) is 134 cm³/mol. The van der Waals surface area contributed by atoms with Crippen molar-refractivity contribution >= 4 is 56.7 Å². The van der Waals surface area contributed by atoms with E-state index >= 15 is 0 Å². The topological polar surface area (TPSA) is 121 Å². The van der Waals surface area contributed by atoms with E-state index < -0.39 is 17.5 Å². The number of amides is 2. The summed E-state index contributed by atoms with van der Waals surface area (Å²) >= 11 is 3.11. The highest BCUT2D eigenvalue weighted by molar-refractivity contribution is 8.00. The molecule has 4 rings (SSSR count). The van der Waals surface area contributed by atoms with Gasteiger partial charge in [-0.1, -0.05) is 11.8 Å². The first-order valence-corrected chi connectivity index (χ1v) is 13.4. The number of thioether (sulfide) groups is 1. The summed E-state index contributed by atoms with van der Waals surface area (Å²) < 4.78 is 1.91. The molecule has 2 amide bonds. The summed E-state index contributed by atoms with van der Waals surface area (Å²) in [6.07, 6.45) is 6.00. The van der Waals surface area contributed by atoms with Crippen molar-refractivity contribution < 1.29 is 14.5 Å². The molecule has 3 heterocycles. The standard InChI is InChI=1S/C22H28N6O4S2/c1-33-22-25-16-8-7-15(12-18(16)34-22)23-19(13-28(31)32)24-17-6-2-3-11-27(21(17)30)14-20(29)26-9-4-5-10-26/h7-8,12,17H,2-6,9-11,13-14H2,1H3,(H,23,24)/t17-/m0/s1. The second-order valence-corrected chi connectivity index (χ2v) is 10.5. The minimum atomic E-state index is -0.744. The number of aromatic nitrogens is 1. The van der Waals surface area contributed by atoms with E-state index in [-0.39, 0.29) is 24.2 Å². The van der Waals surface area contributed by atoms with Gasteiger partial charge in [0.15, 0.2) is 10.2 Å². The number of carbonyl (C=O) groups excluding carboxylic acids is 2. The average molecular weight is 505 g/mol. The van der Waals surface area contributed by atoms with Crippen LogP contribution in [0.5, 0.6) is 0 Å². The number of rotatable bonds is 7. The molecule has 2 saturated heterocycles. The predicted octanol–water partition coefficient (Wildman–Crippen LogP) is 3.11. The second-order valence-electron chi connectivity index (χ2n) is 8.42. The van der Waals surface area contributed by atoms with Crippen LogP contribution in [0.1, 0.15) is 32.1 Å². The molecule has 0 radical (unpaired) electrons. The fourth-order valence-corrected chi connectivity index (χ4v) is 5.78. The highest BCUT2D eigenvalue weighted by Gasteiger charge is 2.30. The van der Waals surface area contributed by atoms with Crippen LogP contribution in [-0.2, 0) is 9.59 Å². The smallest absolute Gasteiger partial charge is 0.260 e. The van der Waals surface area contributed by atoms with Crippen molar-refractivity contribution in [3.05, 3.63) is 28.3 Å². The van der Waals surface area contributed by atoms with Gasteiger partial charge >= 0.3 is 0 Å². The van der Waals surface area contributed by atoms with Crippen LogP contribution < -0.4 is 5.32 Å². The Kier molecular flexibility index (Phi) is 7.99. The Balaban J connectivity index is 1.52. The highest BCUT2D eigenvalue weighted by atomic mass is 32.2. The Morgan fingerprint density at radius 1 is 1.29 bits per heavy atom. The summed E-state index contributed by atoms with van der Waals surface area (Å²) in [7, 11) is 0. The third-order valence-electron chi connectivity index (χ3n) is 5.96. The molecule has 182 valence electrons. The number of likely N-dealkylation sites (tertiary alicyclic amines) is 2. The fraction of sp³-hybridized carbons (Fsp3) is 0.545. The number of hydrogen-bond acceptors (Lipinski definition) is 8. The first-order valence-electron chi connectivity index (χ1n) is 11.4. The maximum absolute atomic E-state index is 13.2. The average Bonchev–Trinajstić information content (AvgIpc) is 3.45. The number of nitro groups is 1. The van der Waals surface area contributed by atoms with Gasteiger partial charge in [0, 0.05) is 30.2 Å². The SMILES string of the molecule is CSc1nc2ccc(NC(C[N+](=O)[O-])=N[C@H]3CCCCN(CC(=O)N4CCCC4)C3=O)cc2s1. The third-order valence-corrected chi connectivity index (χ3v) is 7.96. The third kappa shape index (κ3) is 6.03. The van der Waals surface area contributed by atoms with Crippen LogP contribution in [0.25, 0.3) is 10.2 Å². The molecule has 2 aromatic rings. The van der Waals surface area contributed by atoms with Crippen molar-refractivity contribution in [2.24, 2.45) is 4.99 Å². The Hall–Kier alpha value is -2.73. The Morgan fingerprint density at radius 2 is 2.06 bits per heavy atom. The molecule has 0 bridgehead atoms. The first kappa shape index (κ1) is 24.4. The summed E-state index contributed by atoms with van der Waals surface area (Å²) in [6.45, 7) is 1.50. The van der Waals surface area contributed by atoms with Crippen molar-refractivity contribution in [1.29, 1.82) is 0 Å². The molecule has 2 aliphatic rings. The van der Waals surface area contributed by atoms with Gasteiger partial charge in [-0.15, -0.1) is 11.3 Å². The summed E-state index contributed by atoms with van der Waals surface area (Å²) in [5.41, 5.74) is 1.52. The summed E-state index contributed by atoms with van der Waals surface area (Å²) in [5.74, 6) is -0.151. The van der Waals surface area contributed by atoms with Crippen LogP contribution in [0.4, 0.5) is 5.69 Å². The Morgan fingerprint density at radius 3 is 2.79 bits per heavy atom. The van der Waals surface area contributed by atoms with Gasteiger partial charge in [0.2, 0.25) is 11.8 Å². The number of nitrogens with zero attached hydrogens (tertiary/aromatic N) is 5. The first-order chi connectivity index (χ1) is 16.4. The summed E-state index contributed by atoms with van der Waals surface area (Å²) in [6, 6.07) is 4.81. The van der Waals surface area contributed by atoms with Crippen molar-refractivity contribution in [1.82, 2.24) is 14.8 Å². The molecule has 2 fully saturated rings. The number of fused-ring (bicyclic) bond motifs is 1. The molecule has 0 saturated carbocycles. The van der Waals surface area contributed by atoms with Crippen molar-refractivity contribution in [3.8, 4) is 0 Å². The molecular weight excluding hydrogens is 476 g/mol. The van der Waals surface area contributed by atoms with Crippen LogP contribution in [0.15, 0.2) is 27.5 Å². The molecule has 1 N–H and O–H groups in total. The van der Waals surface area contributed by atoms with Crippen molar-refractivity contribution in [3.63, 3.8) is 0 Å². The van der Waals surface area contributed by atoms with Gasteiger partial charge in [-0.3, -0.25) is 24.7 Å². The van der Waals surface area contributed by atoms with Crippen LogP contribution >= 0.6 is 23.1 Å². The molecule has 0 spiro atoms. The number of hydrogen-bond donors (Lipinski definition) is 1. The van der Waals surface area contributed by atoms with Gasteiger partial charge in [-0.2, -0.15) is 0 Å². The van der Waals surface area contributed by atoms with Gasteiger partial charge in [0.05, 0.1) is 16.8 Å². The lowest BCUT2D eigenvalue weighted by Crippen LogP contribution is -2.45. The summed E-state index contributed by atoms with van der Waals surface area (Å²) in [4.78, 5) is 49.1. The number of aliphatic imine (C=N–C) groups is 1. The van der Waals surface area contributed by atoms with Crippen LogP contribution in [0, 0.1) is 10.1 Å². The van der Waals surface area contributed by atoms with E-state index in [2.05, 4.69) is 15.3 Å². The zero-order valence-corrected chi connectivity index (χ0v) is 20.7. The Labute approximate surface area is 205 Å². The monoisotopic (exact) mass is 504 g/mol. The molecule has 1 aromatic carbocycles. The lowest BCUT2D eigenvalue weighted by Gasteiger charge is -2.25. The zero-order valence-electron chi connectivity index (χ0n) is 19.1. The molecule has 0 unspecified atom stereocenters. The maximum Gasteiger partial charge on any atom is 0.260 e. The lowest BCUT2D eigenvalue weighted by molar-refractivity contribution is -0.463. The molecule has 1 aromatic heterocycles. The molecule has 12 heteroatoms. The zero-order chi connectivity index (χ0) is 24.1. The van der Waals surface area contributed by atoms with Gasteiger partial charge in [0.25, 0.3) is 6.54 Å². The number of anilines is 1. The van der Waals surface area contributed by atoms with Gasteiger partial charge in [-0.25, -0.2) is 4.98 Å². The van der Waals surface area contributed by atoms with Crippen molar-refractivity contribution in [2.45, 2.75) is 42.5 Å². The molecule has 1 atom stereocenters. The lowest BCUT2D eigenvalue weighted by atomic mass is 10.1. The largest absolute Gasteiger partial charge is 0.341 e. The number of benzene rings is 1. The molecular formula is C22H28N6O4S2. The number of carbonyl (C=O) groups is 2. The fourth-order valence-electron chi connectivity index (χ4n) is 4.25. The molecule has 34 heavy (non-hydrogen) atoms. The van der Waals surface area contributed by atoms with E-state index in [0.29, 0.717) is 18.7 Å². The van der Waals surface area contributed by atoms with Gasteiger partial charge in [-0.05, 0) is 56.6 Å². The maximum atomic E-state index is 13.2. The molecule has 0 aliphatic carbocycles. The normalized spacial score (nSPS) is 19.5. The number of nitrogens with one attached hydrogen (secondary N) is 1. The number of thiazole rings is 1. The van der Waals surface area contributed by atoms with Crippen LogP contribution in [0.2, 0.25) is 0 Å². The van der Waals surface area contributed by atoms with Gasteiger partial charge in [0.1, 0.15) is 6.04 Å². The van der Waals surface area contributed by atoms with Crippen LogP contribution in [0.3, 0.4) is 0 Å². The number of amidine groups is 1. The second kappa shape index (κ2) is 11.1. The van der Waals surface area contributed by atoms with E-state index in [4.69, 9.17) is 0 Å². The molecule has 2 aliphatic heterocycles. The summed E-state index contributed by atoms with van der Waals surface area (Å²) in [5, 5.41) is 14.4. The highest BCUT2D eigenvalue weighted by Crippen LogP contribution is 2.30. The van der Waals surface area contributed by atoms with E-state index in [9.17, 15) is 19.7 Å². The van der Waals surface area contributed by atoms with E-state index in [1.165, 1.54) is 0 Å². The van der Waals surface area contributed by atoms with Crippen LogP contribution in [-0.4, -0.2) is 82.4 Å². The van der Waals surface area contributed by atoms with E-state index in [1.807, 2.05) is 18.4 Å².